The molecule has 0 saturated carbocycles. The zero-order chi connectivity index (χ0) is 13.6. The molecule has 0 fully saturated rings. The summed E-state index contributed by atoms with van der Waals surface area (Å²) in [6.45, 7) is 0. The molecule has 0 spiro atoms. The summed E-state index contributed by atoms with van der Waals surface area (Å²) in [6.07, 6.45) is 1.91. The summed E-state index contributed by atoms with van der Waals surface area (Å²) in [7, 11) is 1.91. The van der Waals surface area contributed by atoms with Crippen molar-refractivity contribution in [3.8, 4) is 11.3 Å². The molecule has 2 heterocycles. The van der Waals surface area contributed by atoms with Crippen molar-refractivity contribution in [2.45, 2.75) is 0 Å². The van der Waals surface area contributed by atoms with E-state index < -0.39 is 5.97 Å². The molecule has 0 aliphatic rings. The van der Waals surface area contributed by atoms with E-state index in [1.54, 1.807) is 6.07 Å². The second-order valence-electron chi connectivity index (χ2n) is 4.20. The second-order valence-corrected chi connectivity index (χ2v) is 4.61. The van der Waals surface area contributed by atoms with E-state index in [2.05, 4.69) is 5.16 Å². The number of aromatic nitrogens is 2. The van der Waals surface area contributed by atoms with Gasteiger partial charge in [-0.2, -0.15) is 0 Å². The predicted molar refractivity (Wildman–Crippen MR) is 70.4 cm³/mol. The third kappa shape index (κ3) is 1.88. The van der Waals surface area contributed by atoms with Crippen LogP contribution in [0.3, 0.4) is 0 Å². The number of halogens is 1. The van der Waals surface area contributed by atoms with E-state index in [1.807, 2.05) is 29.9 Å². The van der Waals surface area contributed by atoms with Gasteiger partial charge in [0.1, 0.15) is 0 Å². The minimum atomic E-state index is -1.12. The molecule has 6 heteroatoms. The molecular weight excluding hydrogens is 268 g/mol. The van der Waals surface area contributed by atoms with Crippen LogP contribution in [0.15, 0.2) is 35.0 Å². The lowest BCUT2D eigenvalue weighted by Crippen LogP contribution is -1.94. The summed E-state index contributed by atoms with van der Waals surface area (Å²) in [5, 5.41) is 13.8. The molecule has 2 aromatic heterocycles. The molecule has 1 aromatic carbocycles. The fourth-order valence-electron chi connectivity index (χ4n) is 1.98. The Hall–Kier alpha value is -2.27. The van der Waals surface area contributed by atoms with Crippen LogP contribution < -0.4 is 0 Å². The number of benzene rings is 1. The van der Waals surface area contributed by atoms with Gasteiger partial charge in [0.15, 0.2) is 11.5 Å². The van der Waals surface area contributed by atoms with Crippen LogP contribution in [0.25, 0.3) is 22.2 Å². The van der Waals surface area contributed by atoms with Crippen molar-refractivity contribution in [3.05, 3.63) is 41.2 Å². The molecule has 96 valence electrons. The van der Waals surface area contributed by atoms with E-state index in [-0.39, 0.29) is 5.69 Å². The Morgan fingerprint density at radius 3 is 2.89 bits per heavy atom. The van der Waals surface area contributed by atoms with Crippen LogP contribution in [0.1, 0.15) is 10.5 Å². The van der Waals surface area contributed by atoms with Crippen LogP contribution >= 0.6 is 11.6 Å². The first kappa shape index (κ1) is 11.8. The minimum Gasteiger partial charge on any atom is -0.476 e. The van der Waals surface area contributed by atoms with Crippen LogP contribution in [0.2, 0.25) is 5.02 Å². The summed E-state index contributed by atoms with van der Waals surface area (Å²) in [5.74, 6) is -0.747. The SMILES string of the molecule is Cn1ccc2c(Cl)cc(-c3cc(C(=O)O)no3)cc21. The van der Waals surface area contributed by atoms with Crippen molar-refractivity contribution >= 4 is 28.5 Å². The fourth-order valence-corrected chi connectivity index (χ4v) is 2.26. The highest BCUT2D eigenvalue weighted by molar-refractivity contribution is 6.35. The first-order valence-electron chi connectivity index (χ1n) is 5.51. The van der Waals surface area contributed by atoms with Gasteiger partial charge < -0.3 is 14.2 Å². The number of rotatable bonds is 2. The van der Waals surface area contributed by atoms with Crippen molar-refractivity contribution in [1.82, 2.24) is 9.72 Å². The lowest BCUT2D eigenvalue weighted by molar-refractivity contribution is 0.0686. The molecule has 0 bridgehead atoms. The highest BCUT2D eigenvalue weighted by Crippen LogP contribution is 2.31. The van der Waals surface area contributed by atoms with Gasteiger partial charge in [-0.25, -0.2) is 4.79 Å². The van der Waals surface area contributed by atoms with Gasteiger partial charge in [-0.05, 0) is 18.2 Å². The van der Waals surface area contributed by atoms with Crippen LogP contribution in [0, 0.1) is 0 Å². The largest absolute Gasteiger partial charge is 0.476 e. The van der Waals surface area contributed by atoms with Crippen molar-refractivity contribution in [2.24, 2.45) is 7.05 Å². The monoisotopic (exact) mass is 276 g/mol. The third-order valence-electron chi connectivity index (χ3n) is 2.97. The third-order valence-corrected chi connectivity index (χ3v) is 3.28. The number of nitrogens with zero attached hydrogens (tertiary/aromatic N) is 2. The van der Waals surface area contributed by atoms with Gasteiger partial charge in [-0.1, -0.05) is 16.8 Å². The van der Waals surface area contributed by atoms with Gasteiger partial charge >= 0.3 is 5.97 Å². The van der Waals surface area contributed by atoms with Crippen LogP contribution in [0.4, 0.5) is 0 Å². The first-order valence-corrected chi connectivity index (χ1v) is 5.89. The topological polar surface area (TPSA) is 68.3 Å². The lowest BCUT2D eigenvalue weighted by Gasteiger charge is -2.01. The molecule has 3 rings (SSSR count). The van der Waals surface area contributed by atoms with Crippen molar-refractivity contribution in [1.29, 1.82) is 0 Å². The Morgan fingerprint density at radius 1 is 1.42 bits per heavy atom. The number of fused-ring (bicyclic) bond motifs is 1. The Labute approximate surface area is 113 Å². The molecule has 0 aliphatic heterocycles. The molecule has 0 aliphatic carbocycles. The zero-order valence-electron chi connectivity index (χ0n) is 9.92. The summed E-state index contributed by atoms with van der Waals surface area (Å²) in [5.41, 5.74) is 1.51. The molecule has 0 atom stereocenters. The van der Waals surface area contributed by atoms with E-state index in [0.29, 0.717) is 16.3 Å². The normalized spacial score (nSPS) is 11.1. The second kappa shape index (κ2) is 4.13. The van der Waals surface area contributed by atoms with Gasteiger partial charge in [-0.15, -0.1) is 0 Å². The standard InChI is InChI=1S/C13H9ClN2O3/c1-16-3-2-8-9(14)4-7(5-11(8)16)12-6-10(13(17)18)15-19-12/h2-6H,1H3,(H,17,18). The summed E-state index contributed by atoms with van der Waals surface area (Å²) in [6, 6.07) is 6.91. The quantitative estimate of drug-likeness (QED) is 0.780. The van der Waals surface area contributed by atoms with E-state index in [4.69, 9.17) is 21.2 Å². The predicted octanol–water partition coefficient (Wildman–Crippen LogP) is 3.18. The van der Waals surface area contributed by atoms with Gasteiger partial charge in [0.05, 0.1) is 5.02 Å². The van der Waals surface area contributed by atoms with Gasteiger partial charge in [0.25, 0.3) is 0 Å². The molecule has 1 N–H and O–H groups in total. The molecular formula is C13H9ClN2O3. The van der Waals surface area contributed by atoms with Gasteiger partial charge in [0, 0.05) is 35.8 Å². The van der Waals surface area contributed by atoms with E-state index >= 15 is 0 Å². The van der Waals surface area contributed by atoms with E-state index in [1.165, 1.54) is 6.07 Å². The Morgan fingerprint density at radius 2 is 2.21 bits per heavy atom. The average Bonchev–Trinajstić information content (AvgIpc) is 2.97. The van der Waals surface area contributed by atoms with Gasteiger partial charge in [-0.3, -0.25) is 0 Å². The fraction of sp³-hybridized carbons (Fsp3) is 0.0769. The number of carbonyl (C=O) groups is 1. The highest BCUT2D eigenvalue weighted by Gasteiger charge is 2.14. The van der Waals surface area contributed by atoms with E-state index in [9.17, 15) is 4.79 Å². The lowest BCUT2D eigenvalue weighted by atomic mass is 10.1. The minimum absolute atomic E-state index is 0.127. The number of carboxylic acids is 1. The smallest absolute Gasteiger partial charge is 0.358 e. The van der Waals surface area contributed by atoms with Crippen molar-refractivity contribution in [3.63, 3.8) is 0 Å². The number of aryl methyl sites for hydroxylation is 1. The maximum absolute atomic E-state index is 10.8. The molecule has 0 radical (unpaired) electrons. The molecule has 19 heavy (non-hydrogen) atoms. The molecule has 0 saturated heterocycles. The number of hydrogen-bond donors (Lipinski definition) is 1. The van der Waals surface area contributed by atoms with Crippen molar-refractivity contribution in [2.75, 3.05) is 0 Å². The van der Waals surface area contributed by atoms with Crippen LogP contribution in [0.5, 0.6) is 0 Å². The van der Waals surface area contributed by atoms with Crippen LogP contribution in [-0.2, 0) is 7.05 Å². The molecule has 5 nitrogen and oxygen atoms in total. The molecule has 0 unspecified atom stereocenters. The maximum atomic E-state index is 10.8. The number of hydrogen-bond acceptors (Lipinski definition) is 3. The van der Waals surface area contributed by atoms with Crippen LogP contribution in [-0.4, -0.2) is 20.8 Å². The Kier molecular flexibility index (Phi) is 2.57. The molecule has 3 aromatic rings. The van der Waals surface area contributed by atoms with Gasteiger partial charge in [0.2, 0.25) is 0 Å². The first-order chi connectivity index (χ1) is 9.06. The Balaban J connectivity index is 2.18. The molecule has 0 amide bonds. The zero-order valence-corrected chi connectivity index (χ0v) is 10.7. The summed E-state index contributed by atoms with van der Waals surface area (Å²) < 4.78 is 6.96. The van der Waals surface area contributed by atoms with E-state index in [0.717, 1.165) is 10.9 Å². The Bertz CT molecular complexity index is 788. The number of carboxylic acid groups (broad SMARTS) is 1. The summed E-state index contributed by atoms with van der Waals surface area (Å²) in [4.78, 5) is 10.8. The highest BCUT2D eigenvalue weighted by atomic mass is 35.5. The van der Waals surface area contributed by atoms with Crippen molar-refractivity contribution < 1.29 is 14.4 Å². The number of aromatic carboxylic acids is 1. The summed E-state index contributed by atoms with van der Waals surface area (Å²) >= 11 is 6.20. The maximum Gasteiger partial charge on any atom is 0.358 e. The average molecular weight is 277 g/mol.